The lowest BCUT2D eigenvalue weighted by Gasteiger charge is -2.09. The number of aromatic nitrogens is 5. The predicted octanol–water partition coefficient (Wildman–Crippen LogP) is 0.0276. The minimum absolute atomic E-state index is 0.0303. The van der Waals surface area contributed by atoms with E-state index in [0.717, 1.165) is 4.68 Å². The van der Waals surface area contributed by atoms with Crippen LogP contribution in [0.15, 0.2) is 21.9 Å². The first kappa shape index (κ1) is 18.6. The fourth-order valence-corrected chi connectivity index (χ4v) is 2.31. The summed E-state index contributed by atoms with van der Waals surface area (Å²) in [7, 11) is 2.80. The molecule has 13 nitrogen and oxygen atoms in total. The molecule has 1 amide bonds. The molecule has 0 unspecified atom stereocenters. The lowest BCUT2D eigenvalue weighted by Crippen LogP contribution is -2.22. The van der Waals surface area contributed by atoms with E-state index in [4.69, 9.17) is 15.2 Å². The molecule has 0 aliphatic carbocycles. The van der Waals surface area contributed by atoms with Crippen LogP contribution >= 0.6 is 0 Å². The van der Waals surface area contributed by atoms with Crippen molar-refractivity contribution in [1.29, 1.82) is 0 Å². The van der Waals surface area contributed by atoms with Gasteiger partial charge in [-0.25, -0.2) is 10.1 Å². The highest BCUT2D eigenvalue weighted by atomic mass is 16.6. The second-order valence-electron chi connectivity index (χ2n) is 5.38. The lowest BCUT2D eigenvalue weighted by atomic mass is 10.2. The van der Waals surface area contributed by atoms with Gasteiger partial charge in [-0.2, -0.15) is 9.78 Å². The lowest BCUT2D eigenvalue weighted by molar-refractivity contribution is 0.0946. The van der Waals surface area contributed by atoms with Gasteiger partial charge in [0.15, 0.2) is 17.2 Å². The maximum absolute atomic E-state index is 12.5. The number of anilines is 1. The molecule has 0 atom stereocenters. The van der Waals surface area contributed by atoms with Crippen LogP contribution in [0.1, 0.15) is 21.7 Å². The van der Waals surface area contributed by atoms with Gasteiger partial charge in [-0.05, 0) is 29.4 Å². The van der Waals surface area contributed by atoms with Crippen molar-refractivity contribution in [2.75, 3.05) is 20.0 Å². The van der Waals surface area contributed by atoms with Gasteiger partial charge >= 0.3 is 0 Å². The Bertz CT molecular complexity index is 1020. The number of nitrogens with one attached hydrogen (secondary N) is 1. The summed E-state index contributed by atoms with van der Waals surface area (Å²) >= 11 is 0. The maximum atomic E-state index is 12.5. The van der Waals surface area contributed by atoms with Gasteiger partial charge in [0.1, 0.15) is 0 Å². The van der Waals surface area contributed by atoms with Crippen LogP contribution in [0, 0.1) is 6.92 Å². The van der Waals surface area contributed by atoms with Crippen LogP contribution in [-0.2, 0) is 0 Å². The molecule has 1 aromatic carbocycles. The van der Waals surface area contributed by atoms with E-state index in [1.54, 1.807) is 6.92 Å². The molecule has 0 fully saturated rings. The second-order valence-corrected chi connectivity index (χ2v) is 5.38. The molecule has 13 heteroatoms. The smallest absolute Gasteiger partial charge is 0.292 e. The van der Waals surface area contributed by atoms with E-state index >= 15 is 0 Å². The van der Waals surface area contributed by atoms with E-state index in [-0.39, 0.29) is 34.6 Å². The summed E-state index contributed by atoms with van der Waals surface area (Å²) in [5.41, 5.74) is 8.88. The average Bonchev–Trinajstić information content (AvgIpc) is 3.27. The van der Waals surface area contributed by atoms with Crippen molar-refractivity contribution in [3.05, 3.63) is 29.1 Å². The summed E-state index contributed by atoms with van der Waals surface area (Å²) in [5, 5.41) is 28.5. The molecule has 4 N–H and O–H groups in total. The zero-order chi connectivity index (χ0) is 20.3. The van der Waals surface area contributed by atoms with E-state index in [9.17, 15) is 9.90 Å². The molecule has 0 aliphatic heterocycles. The number of hydrazone groups is 1. The number of rotatable bonds is 6. The predicted molar refractivity (Wildman–Crippen MR) is 94.6 cm³/mol. The number of carbonyl (C=O) groups excluding carboxylic acids is 1. The van der Waals surface area contributed by atoms with E-state index in [1.165, 1.54) is 32.6 Å². The van der Waals surface area contributed by atoms with Crippen molar-refractivity contribution < 1.29 is 24.0 Å². The number of benzene rings is 1. The number of methoxy groups -OCH3 is 2. The zero-order valence-corrected chi connectivity index (χ0v) is 15.1. The molecule has 0 aliphatic rings. The third-order valence-corrected chi connectivity index (χ3v) is 3.63. The average molecular weight is 388 g/mol. The summed E-state index contributed by atoms with van der Waals surface area (Å²) in [6.07, 6.45) is 1.35. The summed E-state index contributed by atoms with van der Waals surface area (Å²) in [6, 6.07) is 3.04. The number of nitrogens with zero attached hydrogens (tertiary/aromatic N) is 6. The van der Waals surface area contributed by atoms with Crippen LogP contribution in [0.25, 0.3) is 5.82 Å². The Morgan fingerprint density at radius 3 is 2.57 bits per heavy atom. The molecule has 2 heterocycles. The number of aryl methyl sites for hydroxylation is 1. The van der Waals surface area contributed by atoms with Gasteiger partial charge in [-0.15, -0.1) is 5.10 Å². The summed E-state index contributed by atoms with van der Waals surface area (Å²) in [6.45, 7) is 1.58. The van der Waals surface area contributed by atoms with Crippen LogP contribution in [0.4, 0.5) is 5.82 Å². The summed E-state index contributed by atoms with van der Waals surface area (Å²) < 4.78 is 15.7. The molecular formula is C15H16N8O5. The standard InChI is InChI=1S/C15H16N8O5/c1-7-11(23(22-18-7)14-13(16)20-28-21-14)15(25)19-17-6-8-4-9(26-2)12(24)10(5-8)27-3/h4-6,24H,1-3H3,(H2,16,20)(H,19,25)/b17-6+. The molecule has 0 saturated carbocycles. The minimum Gasteiger partial charge on any atom is -0.502 e. The Labute approximate surface area is 157 Å². The van der Waals surface area contributed by atoms with Gasteiger partial charge in [-0.1, -0.05) is 5.21 Å². The van der Waals surface area contributed by atoms with Gasteiger partial charge in [0.25, 0.3) is 5.91 Å². The Morgan fingerprint density at radius 1 is 1.32 bits per heavy atom. The normalized spacial score (nSPS) is 11.0. The zero-order valence-electron chi connectivity index (χ0n) is 15.1. The molecule has 3 rings (SSSR count). The fraction of sp³-hybridized carbons (Fsp3) is 0.200. The number of carbonyl (C=O) groups is 1. The van der Waals surface area contributed by atoms with Crippen molar-refractivity contribution in [1.82, 2.24) is 30.7 Å². The molecule has 28 heavy (non-hydrogen) atoms. The van der Waals surface area contributed by atoms with E-state index in [2.05, 4.69) is 35.8 Å². The fourth-order valence-electron chi connectivity index (χ4n) is 2.31. The van der Waals surface area contributed by atoms with Crippen LogP contribution in [0.2, 0.25) is 0 Å². The topological polar surface area (TPSA) is 176 Å². The van der Waals surface area contributed by atoms with Gasteiger partial charge < -0.3 is 20.3 Å². The van der Waals surface area contributed by atoms with Crippen molar-refractivity contribution in [3.8, 4) is 23.1 Å². The van der Waals surface area contributed by atoms with Gasteiger partial charge in [0, 0.05) is 5.56 Å². The largest absolute Gasteiger partial charge is 0.502 e. The van der Waals surface area contributed by atoms with Crippen molar-refractivity contribution >= 4 is 17.9 Å². The molecule has 0 bridgehead atoms. The van der Waals surface area contributed by atoms with Crippen molar-refractivity contribution in [2.45, 2.75) is 6.92 Å². The summed E-state index contributed by atoms with van der Waals surface area (Å²) in [4.78, 5) is 12.5. The SMILES string of the molecule is COc1cc(/C=N/NC(=O)c2c(C)nnn2-c2nonc2N)cc(OC)c1O. The first-order valence-corrected chi connectivity index (χ1v) is 7.75. The number of nitrogens with two attached hydrogens (primary N) is 1. The van der Waals surface area contributed by atoms with E-state index in [1.807, 2.05) is 0 Å². The van der Waals surface area contributed by atoms with Crippen LogP contribution in [0.5, 0.6) is 17.2 Å². The number of hydrogen-bond acceptors (Lipinski definition) is 11. The first-order chi connectivity index (χ1) is 13.5. The molecule has 0 saturated heterocycles. The monoisotopic (exact) mass is 388 g/mol. The van der Waals surface area contributed by atoms with Crippen molar-refractivity contribution in [2.24, 2.45) is 5.10 Å². The van der Waals surface area contributed by atoms with Crippen molar-refractivity contribution in [3.63, 3.8) is 0 Å². The number of phenols is 1. The van der Waals surface area contributed by atoms with Gasteiger partial charge in [-0.3, -0.25) is 4.79 Å². The molecular weight excluding hydrogens is 372 g/mol. The quantitative estimate of drug-likeness (QED) is 0.385. The number of phenolic OH excluding ortho intramolecular Hbond substituents is 1. The highest BCUT2D eigenvalue weighted by Crippen LogP contribution is 2.36. The third-order valence-electron chi connectivity index (χ3n) is 3.63. The molecule has 2 aromatic heterocycles. The second kappa shape index (κ2) is 7.61. The summed E-state index contributed by atoms with van der Waals surface area (Å²) in [5.74, 6) is -0.388. The van der Waals surface area contributed by atoms with E-state index < -0.39 is 5.91 Å². The number of nitrogen functional groups attached to an aromatic ring is 1. The number of aromatic hydroxyl groups is 1. The Kier molecular flexibility index (Phi) is 5.06. The Hall–Kier alpha value is -4.16. The van der Waals surface area contributed by atoms with Gasteiger partial charge in [0.2, 0.25) is 17.4 Å². The minimum atomic E-state index is -0.612. The molecule has 0 spiro atoms. The van der Waals surface area contributed by atoms with Crippen LogP contribution in [-0.4, -0.2) is 56.8 Å². The van der Waals surface area contributed by atoms with Crippen LogP contribution in [0.3, 0.4) is 0 Å². The third kappa shape index (κ3) is 3.40. The highest BCUT2D eigenvalue weighted by Gasteiger charge is 2.22. The van der Waals surface area contributed by atoms with Crippen LogP contribution < -0.4 is 20.6 Å². The number of ether oxygens (including phenoxy) is 2. The Balaban J connectivity index is 1.82. The Morgan fingerprint density at radius 2 is 2.00 bits per heavy atom. The first-order valence-electron chi connectivity index (χ1n) is 7.75. The molecule has 3 aromatic rings. The van der Waals surface area contributed by atoms with E-state index in [0.29, 0.717) is 11.3 Å². The number of amides is 1. The maximum Gasteiger partial charge on any atom is 0.292 e. The number of hydrogen-bond donors (Lipinski definition) is 3. The highest BCUT2D eigenvalue weighted by molar-refractivity contribution is 5.95. The van der Waals surface area contributed by atoms with Gasteiger partial charge in [0.05, 0.1) is 26.1 Å². The molecule has 146 valence electrons. The molecule has 0 radical (unpaired) electrons.